The summed E-state index contributed by atoms with van der Waals surface area (Å²) in [5, 5.41) is 5.69. The number of hydrogen-bond donors (Lipinski definition) is 2. The van der Waals surface area contributed by atoms with Gasteiger partial charge in [0.05, 0.1) is 12.1 Å². The Morgan fingerprint density at radius 2 is 1.73 bits per heavy atom. The van der Waals surface area contributed by atoms with Crippen LogP contribution in [0.1, 0.15) is 44.6 Å². The Morgan fingerprint density at radius 3 is 2.24 bits per heavy atom. The van der Waals surface area contributed by atoms with Crippen molar-refractivity contribution in [3.8, 4) is 0 Å². The van der Waals surface area contributed by atoms with E-state index in [9.17, 15) is 37.8 Å². The lowest BCUT2D eigenvalue weighted by atomic mass is 9.86. The number of carbonyl (C=O) groups is 2. The van der Waals surface area contributed by atoms with Crippen molar-refractivity contribution < 1.29 is 42.5 Å². The number of nitrogens with one attached hydrogen (secondary N) is 2. The third-order valence-corrected chi connectivity index (χ3v) is 8.81. The van der Waals surface area contributed by atoms with Crippen molar-refractivity contribution >= 4 is 27.7 Å². The molecule has 41 heavy (non-hydrogen) atoms. The lowest BCUT2D eigenvalue weighted by molar-refractivity contribution is -0.132. The van der Waals surface area contributed by atoms with Crippen LogP contribution in [0.25, 0.3) is 0 Å². The summed E-state index contributed by atoms with van der Waals surface area (Å²) < 4.78 is 100. The zero-order valence-electron chi connectivity index (χ0n) is 22.3. The average Bonchev–Trinajstić information content (AvgIpc) is 3.39. The quantitative estimate of drug-likeness (QED) is 0.355. The summed E-state index contributed by atoms with van der Waals surface area (Å²) in [6.07, 6.45) is 1.51. The van der Waals surface area contributed by atoms with E-state index in [1.54, 1.807) is 0 Å². The van der Waals surface area contributed by atoms with Gasteiger partial charge >= 0.3 is 10.2 Å². The largest absolute Gasteiger partial charge is 0.380 e. The number of carbonyl (C=O) groups excluding carboxylic acids is 2. The Kier molecular flexibility index (Phi) is 7.66. The molecule has 2 aromatic rings. The molecule has 15 heteroatoms. The van der Waals surface area contributed by atoms with Gasteiger partial charge in [-0.05, 0) is 56.5 Å². The van der Waals surface area contributed by atoms with Crippen LogP contribution in [0.3, 0.4) is 0 Å². The first kappa shape index (κ1) is 31.0. The van der Waals surface area contributed by atoms with Gasteiger partial charge in [-0.3, -0.25) is 19.5 Å². The SMILES string of the molecule is COC1CNC(C(=O)N(c2ccc(S(F)(F)(F)(F)F)cc2)C(C)(C(=O)NC2CCC(F)(F)CC2)c2cccnc2)C1. The zero-order valence-corrected chi connectivity index (χ0v) is 23.1. The molecule has 1 aromatic carbocycles. The molecule has 1 aliphatic carbocycles. The van der Waals surface area contributed by atoms with Crippen LogP contribution < -0.4 is 15.5 Å². The Hall–Kier alpha value is -2.91. The van der Waals surface area contributed by atoms with Crippen molar-refractivity contribution in [2.24, 2.45) is 0 Å². The second kappa shape index (κ2) is 10.1. The third-order valence-electron chi connectivity index (χ3n) is 7.65. The number of aromatic nitrogens is 1. The van der Waals surface area contributed by atoms with Crippen LogP contribution >= 0.6 is 10.2 Å². The van der Waals surface area contributed by atoms with Gasteiger partial charge < -0.3 is 15.4 Å². The number of ether oxygens (including phenoxy) is 1. The van der Waals surface area contributed by atoms with Gasteiger partial charge in [-0.2, -0.15) is 0 Å². The standard InChI is InChI=1S/C26H31F7N4O3S/c1-25(17-4-3-13-34-15-17,24(39)36-18-9-11-26(27,28)12-10-18)37(23(38)22-14-20(40-2)16-35-22)19-5-7-21(8-6-19)41(29,30,31,32)33/h3-8,13,15,18,20,22,35H,9-12,14,16H2,1-2H3,(H,36,39). The first-order chi connectivity index (χ1) is 18.8. The molecule has 2 N–H and O–H groups in total. The molecule has 228 valence electrons. The lowest BCUT2D eigenvalue weighted by Crippen LogP contribution is -2.61. The van der Waals surface area contributed by atoms with E-state index in [2.05, 4.69) is 15.6 Å². The number of halogens is 7. The second-order valence-electron chi connectivity index (χ2n) is 10.6. The third kappa shape index (κ3) is 6.78. The molecule has 2 heterocycles. The number of pyridine rings is 1. The Labute approximate surface area is 232 Å². The van der Waals surface area contributed by atoms with E-state index in [1.807, 2.05) is 0 Å². The maximum atomic E-state index is 14.1. The normalized spacial score (nSPS) is 24.5. The highest BCUT2D eigenvalue weighted by Gasteiger charge is 2.65. The first-order valence-corrected chi connectivity index (χ1v) is 14.8. The highest BCUT2D eigenvalue weighted by atomic mass is 32.5. The molecule has 2 fully saturated rings. The van der Waals surface area contributed by atoms with Crippen molar-refractivity contribution in [1.29, 1.82) is 0 Å². The van der Waals surface area contributed by atoms with Crippen LogP contribution in [-0.2, 0) is 19.9 Å². The molecule has 2 amide bonds. The number of nitrogens with zero attached hydrogens (tertiary/aromatic N) is 2. The molecule has 0 bridgehead atoms. The minimum atomic E-state index is -10.0. The van der Waals surface area contributed by atoms with Gasteiger partial charge in [0, 0.05) is 56.2 Å². The second-order valence-corrected chi connectivity index (χ2v) is 13.0. The van der Waals surface area contributed by atoms with Crippen LogP contribution in [-0.4, -0.2) is 54.6 Å². The maximum Gasteiger partial charge on any atom is 0.310 e. The number of rotatable bonds is 8. The van der Waals surface area contributed by atoms with Crippen LogP contribution in [0.5, 0.6) is 0 Å². The Bertz CT molecular complexity index is 1270. The fraction of sp³-hybridized carbons (Fsp3) is 0.500. The first-order valence-electron chi connectivity index (χ1n) is 12.9. The molecule has 1 saturated heterocycles. The highest BCUT2D eigenvalue weighted by molar-refractivity contribution is 8.45. The van der Waals surface area contributed by atoms with Gasteiger partial charge in [0.1, 0.15) is 4.90 Å². The van der Waals surface area contributed by atoms with Gasteiger partial charge in [-0.15, -0.1) is 0 Å². The van der Waals surface area contributed by atoms with Gasteiger partial charge in [-0.25, -0.2) is 8.78 Å². The van der Waals surface area contributed by atoms with Crippen molar-refractivity contribution in [2.75, 3.05) is 18.6 Å². The number of amides is 2. The van der Waals surface area contributed by atoms with Crippen molar-refractivity contribution in [3.63, 3.8) is 0 Å². The monoisotopic (exact) mass is 612 g/mol. The molecule has 1 aromatic heterocycles. The van der Waals surface area contributed by atoms with E-state index < -0.39 is 63.3 Å². The van der Waals surface area contributed by atoms with Crippen LogP contribution in [0, 0.1) is 0 Å². The summed E-state index contributed by atoms with van der Waals surface area (Å²) in [5.41, 5.74) is -2.08. The number of methoxy groups -OCH3 is 1. The summed E-state index contributed by atoms with van der Waals surface area (Å²) in [6.45, 7) is 1.62. The van der Waals surface area contributed by atoms with Crippen LogP contribution in [0.4, 0.5) is 33.9 Å². The molecule has 3 atom stereocenters. The predicted molar refractivity (Wildman–Crippen MR) is 139 cm³/mol. The fourth-order valence-corrected chi connectivity index (χ4v) is 5.86. The Morgan fingerprint density at radius 1 is 1.10 bits per heavy atom. The minimum Gasteiger partial charge on any atom is -0.380 e. The fourth-order valence-electron chi connectivity index (χ4n) is 5.21. The topological polar surface area (TPSA) is 83.6 Å². The molecule has 1 saturated carbocycles. The van der Waals surface area contributed by atoms with E-state index >= 15 is 0 Å². The smallest absolute Gasteiger partial charge is 0.310 e. The summed E-state index contributed by atoms with van der Waals surface area (Å²) >= 11 is 0. The summed E-state index contributed by atoms with van der Waals surface area (Å²) in [5.74, 6) is -4.40. The maximum absolute atomic E-state index is 14.1. The van der Waals surface area contributed by atoms with Crippen molar-refractivity contribution in [1.82, 2.24) is 15.6 Å². The lowest BCUT2D eigenvalue weighted by Gasteiger charge is -2.43. The number of benzene rings is 1. The van der Waals surface area contributed by atoms with Gasteiger partial charge in [0.2, 0.25) is 11.8 Å². The van der Waals surface area contributed by atoms with Crippen molar-refractivity contribution in [3.05, 3.63) is 54.4 Å². The predicted octanol–water partition coefficient (Wildman–Crippen LogP) is 6.06. The molecule has 0 spiro atoms. The molecule has 7 nitrogen and oxygen atoms in total. The van der Waals surface area contributed by atoms with Gasteiger partial charge in [-0.1, -0.05) is 25.5 Å². The molecule has 4 rings (SSSR count). The van der Waals surface area contributed by atoms with E-state index in [1.165, 1.54) is 38.6 Å². The van der Waals surface area contributed by atoms with Crippen LogP contribution in [0.15, 0.2) is 53.7 Å². The van der Waals surface area contributed by atoms with E-state index in [-0.39, 0.29) is 55.3 Å². The molecule has 3 unspecified atom stereocenters. The number of anilines is 1. The van der Waals surface area contributed by atoms with Crippen molar-refractivity contribution in [2.45, 2.75) is 73.6 Å². The summed E-state index contributed by atoms with van der Waals surface area (Å²) in [7, 11) is -8.59. The van der Waals surface area contributed by atoms with E-state index in [0.717, 1.165) is 4.90 Å². The summed E-state index contributed by atoms with van der Waals surface area (Å²) in [6, 6.07) is 3.11. The molecule has 0 radical (unpaired) electrons. The zero-order chi connectivity index (χ0) is 30.3. The summed E-state index contributed by atoms with van der Waals surface area (Å²) in [4.78, 5) is 30.9. The number of hydrogen-bond acceptors (Lipinski definition) is 5. The molecular weight excluding hydrogens is 581 g/mol. The van der Waals surface area contributed by atoms with E-state index in [4.69, 9.17) is 4.74 Å². The van der Waals surface area contributed by atoms with E-state index in [0.29, 0.717) is 12.1 Å². The molecule has 2 aliphatic rings. The Balaban J connectivity index is 1.81. The molecule has 1 aliphatic heterocycles. The van der Waals surface area contributed by atoms with Crippen LogP contribution in [0.2, 0.25) is 0 Å². The van der Waals surface area contributed by atoms with Gasteiger partial charge in [0.25, 0.3) is 5.91 Å². The highest BCUT2D eigenvalue weighted by Crippen LogP contribution is 3.02. The van der Waals surface area contributed by atoms with Gasteiger partial charge in [0.15, 0.2) is 5.54 Å². The molecular formula is C26H31F7N4O3S. The minimum absolute atomic E-state index is 0.0336. The average molecular weight is 613 g/mol. The number of alkyl halides is 2.